The van der Waals surface area contributed by atoms with Gasteiger partial charge in [0.2, 0.25) is 0 Å². The minimum absolute atomic E-state index is 0.526. The van der Waals surface area contributed by atoms with Gasteiger partial charge in [-0.15, -0.1) is 0 Å². The number of unbranched alkanes of at least 4 members (excludes halogenated alkanes) is 1. The summed E-state index contributed by atoms with van der Waals surface area (Å²) in [4.78, 5) is 0. The maximum atomic E-state index is 9.81. The Morgan fingerprint density at radius 3 is 2.42 bits per heavy atom. The van der Waals surface area contributed by atoms with E-state index in [2.05, 4.69) is 26.8 Å². The van der Waals surface area contributed by atoms with Crippen LogP contribution in [0.15, 0.2) is 12.2 Å². The molecule has 0 spiro atoms. The van der Waals surface area contributed by atoms with E-state index in [0.717, 1.165) is 19.3 Å². The maximum Gasteiger partial charge on any atom is 0.0799 e. The summed E-state index contributed by atoms with van der Waals surface area (Å²) in [6.07, 6.45) is 7.09. The van der Waals surface area contributed by atoms with Crippen molar-refractivity contribution in [2.75, 3.05) is 0 Å². The van der Waals surface area contributed by atoms with E-state index in [9.17, 15) is 5.11 Å². The molecule has 1 heteroatoms. The summed E-state index contributed by atoms with van der Waals surface area (Å²) in [5, 5.41) is 9.81. The SMILES string of the molecule is CCCCC(C)(O)/C=C/C(C)C. The molecule has 72 valence electrons. The predicted molar refractivity (Wildman–Crippen MR) is 54.1 cm³/mol. The standard InChI is InChI=1S/C11H22O/c1-5-6-8-11(4,12)9-7-10(2)3/h7,9-10,12H,5-6,8H2,1-4H3/b9-7+. The van der Waals surface area contributed by atoms with Crippen molar-refractivity contribution in [2.24, 2.45) is 5.92 Å². The van der Waals surface area contributed by atoms with Gasteiger partial charge in [0.15, 0.2) is 0 Å². The molecule has 0 aromatic heterocycles. The Bertz CT molecular complexity index is 134. The maximum absolute atomic E-state index is 9.81. The van der Waals surface area contributed by atoms with Crippen LogP contribution in [0.25, 0.3) is 0 Å². The summed E-state index contributed by atoms with van der Waals surface area (Å²) in [5.74, 6) is 0.526. The van der Waals surface area contributed by atoms with Crippen molar-refractivity contribution < 1.29 is 5.11 Å². The van der Waals surface area contributed by atoms with E-state index in [1.807, 2.05) is 13.0 Å². The topological polar surface area (TPSA) is 20.2 Å². The zero-order valence-electron chi connectivity index (χ0n) is 8.80. The van der Waals surface area contributed by atoms with Crippen LogP contribution in [-0.4, -0.2) is 10.7 Å². The van der Waals surface area contributed by atoms with Gasteiger partial charge in [0.05, 0.1) is 5.60 Å². The van der Waals surface area contributed by atoms with Gasteiger partial charge >= 0.3 is 0 Å². The molecule has 1 unspecified atom stereocenters. The molecule has 0 saturated heterocycles. The van der Waals surface area contributed by atoms with Crippen molar-refractivity contribution in [3.63, 3.8) is 0 Å². The molecular formula is C11H22O. The van der Waals surface area contributed by atoms with Crippen LogP contribution >= 0.6 is 0 Å². The van der Waals surface area contributed by atoms with Gasteiger partial charge in [-0.05, 0) is 19.3 Å². The highest BCUT2D eigenvalue weighted by molar-refractivity contribution is 4.99. The van der Waals surface area contributed by atoms with E-state index in [4.69, 9.17) is 0 Å². The lowest BCUT2D eigenvalue weighted by Gasteiger charge is -2.18. The summed E-state index contributed by atoms with van der Waals surface area (Å²) in [6.45, 7) is 8.25. The molecule has 0 aromatic rings. The Balaban J connectivity index is 3.85. The molecule has 0 aromatic carbocycles. The summed E-state index contributed by atoms with van der Waals surface area (Å²) in [5.41, 5.74) is -0.597. The fourth-order valence-electron chi connectivity index (χ4n) is 1.02. The second-order valence-electron chi connectivity index (χ2n) is 4.06. The van der Waals surface area contributed by atoms with Crippen molar-refractivity contribution in [1.29, 1.82) is 0 Å². The number of rotatable bonds is 5. The molecule has 1 N–H and O–H groups in total. The zero-order chi connectivity index (χ0) is 9.61. The molecule has 0 radical (unpaired) electrons. The number of hydrogen-bond donors (Lipinski definition) is 1. The predicted octanol–water partition coefficient (Wildman–Crippen LogP) is 3.14. The van der Waals surface area contributed by atoms with Crippen LogP contribution in [-0.2, 0) is 0 Å². The molecule has 0 saturated carbocycles. The second-order valence-corrected chi connectivity index (χ2v) is 4.06. The molecule has 0 rings (SSSR count). The van der Waals surface area contributed by atoms with Crippen molar-refractivity contribution in [3.8, 4) is 0 Å². The smallest absolute Gasteiger partial charge is 0.0799 e. The van der Waals surface area contributed by atoms with Gasteiger partial charge in [0, 0.05) is 0 Å². The van der Waals surface area contributed by atoms with E-state index in [1.54, 1.807) is 0 Å². The number of hydrogen-bond acceptors (Lipinski definition) is 1. The average molecular weight is 170 g/mol. The van der Waals surface area contributed by atoms with Gasteiger partial charge < -0.3 is 5.11 Å². The van der Waals surface area contributed by atoms with Crippen LogP contribution in [0.1, 0.15) is 47.0 Å². The molecule has 1 atom stereocenters. The first kappa shape index (κ1) is 11.7. The van der Waals surface area contributed by atoms with Gasteiger partial charge in [0.1, 0.15) is 0 Å². The second kappa shape index (κ2) is 5.36. The lowest BCUT2D eigenvalue weighted by molar-refractivity contribution is 0.0986. The van der Waals surface area contributed by atoms with Crippen molar-refractivity contribution in [1.82, 2.24) is 0 Å². The Morgan fingerprint density at radius 2 is 2.00 bits per heavy atom. The summed E-state index contributed by atoms with van der Waals surface area (Å²) < 4.78 is 0. The highest BCUT2D eigenvalue weighted by atomic mass is 16.3. The lowest BCUT2D eigenvalue weighted by Crippen LogP contribution is -2.20. The van der Waals surface area contributed by atoms with E-state index in [1.165, 1.54) is 0 Å². The van der Waals surface area contributed by atoms with Gasteiger partial charge in [-0.2, -0.15) is 0 Å². The minimum Gasteiger partial charge on any atom is -0.386 e. The van der Waals surface area contributed by atoms with Crippen molar-refractivity contribution >= 4 is 0 Å². The normalized spacial score (nSPS) is 17.2. The summed E-state index contributed by atoms with van der Waals surface area (Å²) in [7, 11) is 0. The van der Waals surface area contributed by atoms with Crippen LogP contribution in [0.3, 0.4) is 0 Å². The van der Waals surface area contributed by atoms with Crippen molar-refractivity contribution in [3.05, 3.63) is 12.2 Å². The summed E-state index contributed by atoms with van der Waals surface area (Å²) >= 11 is 0. The molecule has 0 bridgehead atoms. The van der Waals surface area contributed by atoms with Crippen LogP contribution in [0.5, 0.6) is 0 Å². The van der Waals surface area contributed by atoms with Crippen LogP contribution in [0.4, 0.5) is 0 Å². The van der Waals surface area contributed by atoms with Gasteiger partial charge in [-0.3, -0.25) is 0 Å². The van der Waals surface area contributed by atoms with Crippen LogP contribution in [0, 0.1) is 5.92 Å². The molecule has 12 heavy (non-hydrogen) atoms. The third kappa shape index (κ3) is 6.41. The van der Waals surface area contributed by atoms with E-state index >= 15 is 0 Å². The van der Waals surface area contributed by atoms with Crippen molar-refractivity contribution in [2.45, 2.75) is 52.6 Å². The first-order chi connectivity index (χ1) is 5.48. The number of aliphatic hydroxyl groups is 1. The molecule has 0 aliphatic heterocycles. The fraction of sp³-hybridized carbons (Fsp3) is 0.818. The Hall–Kier alpha value is -0.300. The Morgan fingerprint density at radius 1 is 1.42 bits per heavy atom. The quantitative estimate of drug-likeness (QED) is 0.628. The van der Waals surface area contributed by atoms with Crippen LogP contribution in [0.2, 0.25) is 0 Å². The van der Waals surface area contributed by atoms with E-state index < -0.39 is 5.60 Å². The number of allylic oxidation sites excluding steroid dienone is 1. The monoisotopic (exact) mass is 170 g/mol. The van der Waals surface area contributed by atoms with E-state index in [-0.39, 0.29) is 0 Å². The first-order valence-corrected chi connectivity index (χ1v) is 4.89. The highest BCUT2D eigenvalue weighted by Gasteiger charge is 2.14. The Kier molecular flexibility index (Phi) is 5.23. The molecule has 0 amide bonds. The largest absolute Gasteiger partial charge is 0.386 e. The van der Waals surface area contributed by atoms with Gasteiger partial charge in [0.25, 0.3) is 0 Å². The van der Waals surface area contributed by atoms with Gasteiger partial charge in [-0.1, -0.05) is 45.8 Å². The first-order valence-electron chi connectivity index (χ1n) is 4.89. The molecule has 0 aliphatic carbocycles. The minimum atomic E-state index is -0.597. The fourth-order valence-corrected chi connectivity index (χ4v) is 1.02. The molecule has 1 nitrogen and oxygen atoms in total. The third-order valence-corrected chi connectivity index (χ3v) is 1.88. The van der Waals surface area contributed by atoms with E-state index in [0.29, 0.717) is 5.92 Å². The molecule has 0 fully saturated rings. The Labute approximate surface area is 76.5 Å². The summed E-state index contributed by atoms with van der Waals surface area (Å²) in [6, 6.07) is 0. The zero-order valence-corrected chi connectivity index (χ0v) is 8.80. The average Bonchev–Trinajstić information content (AvgIpc) is 1.98. The highest BCUT2D eigenvalue weighted by Crippen LogP contribution is 2.15. The lowest BCUT2D eigenvalue weighted by atomic mass is 9.97. The van der Waals surface area contributed by atoms with Crippen LogP contribution < -0.4 is 0 Å². The van der Waals surface area contributed by atoms with Gasteiger partial charge in [-0.25, -0.2) is 0 Å². The third-order valence-electron chi connectivity index (χ3n) is 1.88. The molecule has 0 heterocycles. The molecular weight excluding hydrogens is 148 g/mol. The molecule has 0 aliphatic rings.